The van der Waals surface area contributed by atoms with E-state index in [0.717, 1.165) is 57.8 Å². The van der Waals surface area contributed by atoms with E-state index in [-0.39, 0.29) is 12.0 Å². The molecular formula is C21H34N2O5. The first-order valence-corrected chi connectivity index (χ1v) is 10.5. The van der Waals surface area contributed by atoms with E-state index in [1.807, 2.05) is 6.08 Å². The zero-order chi connectivity index (χ0) is 20.4. The van der Waals surface area contributed by atoms with Crippen LogP contribution < -0.4 is 5.32 Å². The quantitative estimate of drug-likeness (QED) is 0.349. The number of methoxy groups -OCH3 is 1. The summed E-state index contributed by atoms with van der Waals surface area (Å²) >= 11 is 0. The first-order valence-electron chi connectivity index (χ1n) is 10.5. The molecule has 0 aromatic rings. The standard InChI is InChI=1S/C21H34N2O5/c1-3-4-5-6-7-13-17(22-21(26)28-16-11-8-9-12-16)19(24)23-15-10-14-18(23)20(25)27-2/h3,16-18H,1,4-15H2,2H3,(H,22,26)/t17-,18-/m0/s1. The van der Waals surface area contributed by atoms with Crippen LogP contribution >= 0.6 is 0 Å². The number of amides is 2. The molecule has 1 aliphatic carbocycles. The minimum atomic E-state index is -0.678. The van der Waals surface area contributed by atoms with Crippen LogP contribution in [-0.4, -0.2) is 54.7 Å². The van der Waals surface area contributed by atoms with E-state index in [1.165, 1.54) is 7.11 Å². The van der Waals surface area contributed by atoms with E-state index in [9.17, 15) is 14.4 Å². The van der Waals surface area contributed by atoms with Gasteiger partial charge >= 0.3 is 12.1 Å². The molecule has 2 atom stereocenters. The maximum Gasteiger partial charge on any atom is 0.408 e. The topological polar surface area (TPSA) is 84.9 Å². The summed E-state index contributed by atoms with van der Waals surface area (Å²) < 4.78 is 10.3. The summed E-state index contributed by atoms with van der Waals surface area (Å²) in [7, 11) is 1.33. The molecule has 1 aliphatic heterocycles. The van der Waals surface area contributed by atoms with Gasteiger partial charge in [0.05, 0.1) is 7.11 Å². The third-order valence-electron chi connectivity index (χ3n) is 5.58. The highest BCUT2D eigenvalue weighted by atomic mass is 16.6. The molecule has 0 aromatic heterocycles. The predicted octanol–water partition coefficient (Wildman–Crippen LogP) is 3.32. The van der Waals surface area contributed by atoms with E-state index in [4.69, 9.17) is 9.47 Å². The van der Waals surface area contributed by atoms with Gasteiger partial charge in [-0.25, -0.2) is 9.59 Å². The first-order chi connectivity index (χ1) is 13.6. The molecular weight excluding hydrogens is 360 g/mol. The van der Waals surface area contributed by atoms with Gasteiger partial charge in [0.15, 0.2) is 0 Å². The van der Waals surface area contributed by atoms with E-state index in [0.29, 0.717) is 19.4 Å². The van der Waals surface area contributed by atoms with Gasteiger partial charge < -0.3 is 19.7 Å². The van der Waals surface area contributed by atoms with Crippen molar-refractivity contribution >= 4 is 18.0 Å². The summed E-state index contributed by atoms with van der Waals surface area (Å²) in [5.41, 5.74) is 0. The molecule has 1 N–H and O–H groups in total. The summed E-state index contributed by atoms with van der Waals surface area (Å²) in [5.74, 6) is -0.621. The number of allylic oxidation sites excluding steroid dienone is 1. The number of carbonyl (C=O) groups excluding carboxylic acids is 3. The van der Waals surface area contributed by atoms with E-state index >= 15 is 0 Å². The molecule has 0 aromatic carbocycles. The highest BCUT2D eigenvalue weighted by Gasteiger charge is 2.38. The lowest BCUT2D eigenvalue weighted by atomic mass is 10.1. The van der Waals surface area contributed by atoms with E-state index < -0.39 is 24.1 Å². The van der Waals surface area contributed by atoms with Crippen molar-refractivity contribution < 1.29 is 23.9 Å². The maximum absolute atomic E-state index is 13.1. The minimum absolute atomic E-state index is 0.0575. The SMILES string of the molecule is C=CCCCCC[C@H](NC(=O)OC1CCCC1)C(=O)N1CCC[C@H]1C(=O)OC. The van der Waals surface area contributed by atoms with Crippen LogP contribution in [0.25, 0.3) is 0 Å². The number of esters is 1. The molecule has 158 valence electrons. The predicted molar refractivity (Wildman–Crippen MR) is 106 cm³/mol. The Kier molecular flexibility index (Phi) is 9.31. The lowest BCUT2D eigenvalue weighted by Gasteiger charge is -2.28. The van der Waals surface area contributed by atoms with Crippen LogP contribution in [0.15, 0.2) is 12.7 Å². The molecule has 0 spiro atoms. The fourth-order valence-electron chi connectivity index (χ4n) is 4.02. The van der Waals surface area contributed by atoms with Crippen LogP contribution in [0, 0.1) is 0 Å². The van der Waals surface area contributed by atoms with Crippen molar-refractivity contribution in [1.82, 2.24) is 10.2 Å². The Balaban J connectivity index is 1.96. The normalized spacial score (nSPS) is 20.6. The molecule has 0 unspecified atom stereocenters. The highest BCUT2D eigenvalue weighted by Crippen LogP contribution is 2.23. The summed E-state index contributed by atoms with van der Waals surface area (Å²) in [6.07, 6.45) is 10.8. The van der Waals surface area contributed by atoms with Crippen LogP contribution in [0.2, 0.25) is 0 Å². The minimum Gasteiger partial charge on any atom is -0.467 e. The number of unbranched alkanes of at least 4 members (excludes halogenated alkanes) is 3. The second-order valence-electron chi connectivity index (χ2n) is 7.65. The third-order valence-corrected chi connectivity index (χ3v) is 5.58. The molecule has 7 heteroatoms. The van der Waals surface area contributed by atoms with Crippen LogP contribution in [0.4, 0.5) is 4.79 Å². The smallest absolute Gasteiger partial charge is 0.408 e. The number of hydrogen-bond acceptors (Lipinski definition) is 5. The van der Waals surface area contributed by atoms with E-state index in [1.54, 1.807) is 4.90 Å². The monoisotopic (exact) mass is 394 g/mol. The zero-order valence-electron chi connectivity index (χ0n) is 17.0. The summed E-state index contributed by atoms with van der Waals surface area (Å²) in [5, 5.41) is 2.76. The van der Waals surface area contributed by atoms with Gasteiger partial charge in [0.25, 0.3) is 0 Å². The Morgan fingerprint density at radius 1 is 1.14 bits per heavy atom. The molecule has 28 heavy (non-hydrogen) atoms. The van der Waals surface area contributed by atoms with Crippen LogP contribution in [-0.2, 0) is 19.1 Å². The molecule has 2 fully saturated rings. The number of likely N-dealkylation sites (tertiary alicyclic amines) is 1. The van der Waals surface area contributed by atoms with Crippen molar-refractivity contribution in [2.45, 2.75) is 88.8 Å². The first kappa shape index (κ1) is 22.2. The highest BCUT2D eigenvalue weighted by molar-refractivity contribution is 5.90. The third kappa shape index (κ3) is 6.53. The van der Waals surface area contributed by atoms with Crippen molar-refractivity contribution in [2.24, 2.45) is 0 Å². The van der Waals surface area contributed by atoms with Crippen molar-refractivity contribution in [3.8, 4) is 0 Å². The van der Waals surface area contributed by atoms with Gasteiger partial charge in [0, 0.05) is 6.54 Å². The Hall–Kier alpha value is -2.05. The van der Waals surface area contributed by atoms with Gasteiger partial charge in [0.2, 0.25) is 5.91 Å². The molecule has 0 bridgehead atoms. The number of nitrogens with zero attached hydrogens (tertiary/aromatic N) is 1. The molecule has 7 nitrogen and oxygen atoms in total. The molecule has 2 amide bonds. The number of rotatable bonds is 10. The van der Waals surface area contributed by atoms with Crippen LogP contribution in [0.5, 0.6) is 0 Å². The average Bonchev–Trinajstić information content (AvgIpc) is 3.37. The van der Waals surface area contributed by atoms with Gasteiger partial charge in [0.1, 0.15) is 18.2 Å². The molecule has 1 saturated carbocycles. The van der Waals surface area contributed by atoms with Crippen LogP contribution in [0.3, 0.4) is 0 Å². The summed E-state index contributed by atoms with van der Waals surface area (Å²) in [6.45, 7) is 4.22. The number of alkyl carbamates (subject to hydrolysis) is 1. The molecule has 2 aliphatic rings. The maximum atomic E-state index is 13.1. The summed E-state index contributed by atoms with van der Waals surface area (Å²) in [6, 6.07) is -1.24. The Bertz CT molecular complexity index is 545. The van der Waals surface area contributed by atoms with Gasteiger partial charge in [-0.15, -0.1) is 6.58 Å². The van der Waals surface area contributed by atoms with Crippen molar-refractivity contribution in [1.29, 1.82) is 0 Å². The summed E-state index contributed by atoms with van der Waals surface area (Å²) in [4.78, 5) is 39.0. The lowest BCUT2D eigenvalue weighted by Crippen LogP contribution is -2.52. The lowest BCUT2D eigenvalue weighted by molar-refractivity contribution is -0.151. The van der Waals surface area contributed by atoms with Gasteiger partial charge in [-0.2, -0.15) is 0 Å². The van der Waals surface area contributed by atoms with E-state index in [2.05, 4.69) is 11.9 Å². The molecule has 1 heterocycles. The Morgan fingerprint density at radius 3 is 2.57 bits per heavy atom. The van der Waals surface area contributed by atoms with Crippen molar-refractivity contribution in [3.63, 3.8) is 0 Å². The second kappa shape index (κ2) is 11.7. The fraction of sp³-hybridized carbons (Fsp3) is 0.762. The van der Waals surface area contributed by atoms with Gasteiger partial charge in [-0.3, -0.25) is 4.79 Å². The molecule has 0 radical (unpaired) electrons. The fourth-order valence-corrected chi connectivity index (χ4v) is 4.02. The number of hydrogen-bond donors (Lipinski definition) is 1. The van der Waals surface area contributed by atoms with Crippen molar-refractivity contribution in [2.75, 3.05) is 13.7 Å². The second-order valence-corrected chi connectivity index (χ2v) is 7.65. The van der Waals surface area contributed by atoms with Gasteiger partial charge in [-0.05, 0) is 57.8 Å². The Morgan fingerprint density at radius 2 is 1.89 bits per heavy atom. The number of ether oxygens (including phenoxy) is 2. The largest absolute Gasteiger partial charge is 0.467 e. The van der Waals surface area contributed by atoms with Crippen LogP contribution in [0.1, 0.15) is 70.6 Å². The number of carbonyl (C=O) groups is 3. The average molecular weight is 395 g/mol. The zero-order valence-corrected chi connectivity index (χ0v) is 17.0. The molecule has 1 saturated heterocycles. The number of nitrogens with one attached hydrogen (secondary N) is 1. The van der Waals surface area contributed by atoms with Gasteiger partial charge in [-0.1, -0.05) is 18.9 Å². The molecule has 2 rings (SSSR count). The van der Waals surface area contributed by atoms with Crippen molar-refractivity contribution in [3.05, 3.63) is 12.7 Å². The Labute approximate surface area is 167 Å².